The van der Waals surface area contributed by atoms with Crippen molar-refractivity contribution in [3.8, 4) is 0 Å². The topological polar surface area (TPSA) is 49.6 Å². The average Bonchev–Trinajstić information content (AvgIpc) is 2.50. The van der Waals surface area contributed by atoms with Crippen molar-refractivity contribution in [3.63, 3.8) is 0 Å². The van der Waals surface area contributed by atoms with Crippen LogP contribution in [-0.2, 0) is 11.2 Å². The number of nitrogens with two attached hydrogens (primary N) is 1. The summed E-state index contributed by atoms with van der Waals surface area (Å²) < 4.78 is 27.1. The summed E-state index contributed by atoms with van der Waals surface area (Å²) in [5, 5.41) is 0. The molecule has 6 heteroatoms. The molecule has 116 valence electrons. The van der Waals surface area contributed by atoms with Gasteiger partial charge >= 0.3 is 0 Å². The molecule has 1 aromatic rings. The van der Waals surface area contributed by atoms with Crippen LogP contribution in [0.15, 0.2) is 18.2 Å². The van der Waals surface area contributed by atoms with Gasteiger partial charge < -0.3 is 10.6 Å². The zero-order valence-electron chi connectivity index (χ0n) is 12.2. The molecule has 0 saturated carbocycles. The zero-order chi connectivity index (χ0) is 15.4. The highest BCUT2D eigenvalue weighted by atomic mass is 19.1. The molecule has 1 saturated heterocycles. The third-order valence-corrected chi connectivity index (χ3v) is 4.02. The minimum Gasteiger partial charge on any atom is -0.340 e. The molecule has 1 aliphatic heterocycles. The number of halogens is 2. The summed E-state index contributed by atoms with van der Waals surface area (Å²) in [6, 6.07) is 3.93. The van der Waals surface area contributed by atoms with Crippen molar-refractivity contribution in [2.75, 3.05) is 32.7 Å². The summed E-state index contributed by atoms with van der Waals surface area (Å²) in [7, 11) is 0. The molecule has 0 aromatic heterocycles. The van der Waals surface area contributed by atoms with Gasteiger partial charge in [-0.25, -0.2) is 8.78 Å². The SMILES string of the molecule is CC(CN)N1CCN(C(=O)Cc2c(F)cccc2F)CC1. The minimum absolute atomic E-state index is 0.153. The molecule has 0 aliphatic carbocycles. The Morgan fingerprint density at radius 1 is 1.24 bits per heavy atom. The van der Waals surface area contributed by atoms with Gasteiger partial charge in [-0.05, 0) is 19.1 Å². The molecule has 1 heterocycles. The van der Waals surface area contributed by atoms with E-state index < -0.39 is 11.6 Å². The summed E-state index contributed by atoms with van der Waals surface area (Å²) in [5.74, 6) is -1.57. The Bertz CT molecular complexity index is 481. The molecule has 0 bridgehead atoms. The minimum atomic E-state index is -0.668. The molecule has 1 unspecified atom stereocenters. The molecule has 1 aliphatic rings. The van der Waals surface area contributed by atoms with E-state index >= 15 is 0 Å². The van der Waals surface area contributed by atoms with E-state index in [1.807, 2.05) is 6.92 Å². The lowest BCUT2D eigenvalue weighted by Crippen LogP contribution is -2.53. The number of hydrogen-bond donors (Lipinski definition) is 1. The Morgan fingerprint density at radius 3 is 2.33 bits per heavy atom. The monoisotopic (exact) mass is 297 g/mol. The third-order valence-electron chi connectivity index (χ3n) is 4.02. The maximum absolute atomic E-state index is 13.6. The summed E-state index contributed by atoms with van der Waals surface area (Å²) in [6.45, 7) is 5.24. The third kappa shape index (κ3) is 3.77. The molecular formula is C15H21F2N3O. The van der Waals surface area contributed by atoms with Crippen LogP contribution in [0.1, 0.15) is 12.5 Å². The lowest BCUT2D eigenvalue weighted by molar-refractivity contribution is -0.132. The van der Waals surface area contributed by atoms with Crippen LogP contribution in [0.25, 0.3) is 0 Å². The molecule has 4 nitrogen and oxygen atoms in total. The molecular weight excluding hydrogens is 276 g/mol. The zero-order valence-corrected chi connectivity index (χ0v) is 12.2. The number of carbonyl (C=O) groups excluding carboxylic acids is 1. The quantitative estimate of drug-likeness (QED) is 0.902. The number of rotatable bonds is 4. The highest BCUT2D eigenvalue weighted by Gasteiger charge is 2.24. The number of carbonyl (C=O) groups is 1. The van der Waals surface area contributed by atoms with Crippen LogP contribution in [0, 0.1) is 11.6 Å². The summed E-state index contributed by atoms with van der Waals surface area (Å²) in [4.78, 5) is 16.0. The first kappa shape index (κ1) is 15.9. The first-order chi connectivity index (χ1) is 10.0. The molecule has 1 amide bonds. The van der Waals surface area contributed by atoms with Gasteiger partial charge in [0.05, 0.1) is 6.42 Å². The normalized spacial score (nSPS) is 17.8. The van der Waals surface area contributed by atoms with Gasteiger partial charge in [0.15, 0.2) is 0 Å². The maximum Gasteiger partial charge on any atom is 0.227 e. The van der Waals surface area contributed by atoms with Gasteiger partial charge in [0, 0.05) is 44.3 Å². The smallest absolute Gasteiger partial charge is 0.227 e. The fourth-order valence-electron chi connectivity index (χ4n) is 2.53. The predicted octanol–water partition coefficient (Wildman–Crippen LogP) is 0.999. The Balaban J connectivity index is 1.94. The van der Waals surface area contributed by atoms with Crippen molar-refractivity contribution in [1.29, 1.82) is 0 Å². The second-order valence-corrected chi connectivity index (χ2v) is 5.38. The molecule has 0 radical (unpaired) electrons. The van der Waals surface area contributed by atoms with Crippen molar-refractivity contribution in [2.45, 2.75) is 19.4 Å². The van der Waals surface area contributed by atoms with E-state index in [-0.39, 0.29) is 23.9 Å². The number of nitrogens with zero attached hydrogens (tertiary/aromatic N) is 2. The highest BCUT2D eigenvalue weighted by molar-refractivity contribution is 5.79. The molecule has 2 rings (SSSR count). The maximum atomic E-state index is 13.6. The lowest BCUT2D eigenvalue weighted by Gasteiger charge is -2.37. The number of benzene rings is 1. The van der Waals surface area contributed by atoms with Crippen LogP contribution in [0.2, 0.25) is 0 Å². The van der Waals surface area contributed by atoms with E-state index in [9.17, 15) is 13.6 Å². The van der Waals surface area contributed by atoms with Crippen LogP contribution in [0.5, 0.6) is 0 Å². The standard InChI is InChI=1S/C15H21F2N3O/c1-11(10-18)19-5-7-20(8-6-19)15(21)9-12-13(16)3-2-4-14(12)17/h2-4,11H,5-10,18H2,1H3. The second-order valence-electron chi connectivity index (χ2n) is 5.38. The van der Waals surface area contributed by atoms with Crippen molar-refractivity contribution < 1.29 is 13.6 Å². The lowest BCUT2D eigenvalue weighted by atomic mass is 10.1. The van der Waals surface area contributed by atoms with E-state index in [1.165, 1.54) is 18.2 Å². The van der Waals surface area contributed by atoms with E-state index in [4.69, 9.17) is 5.73 Å². The Labute approximate surface area is 123 Å². The highest BCUT2D eigenvalue weighted by Crippen LogP contribution is 2.15. The van der Waals surface area contributed by atoms with Gasteiger partial charge in [-0.1, -0.05) is 6.07 Å². The second kappa shape index (κ2) is 6.95. The van der Waals surface area contributed by atoms with Crippen molar-refractivity contribution >= 4 is 5.91 Å². The average molecular weight is 297 g/mol. The van der Waals surface area contributed by atoms with E-state index in [0.717, 1.165) is 13.1 Å². The van der Waals surface area contributed by atoms with E-state index in [2.05, 4.69) is 4.90 Å². The summed E-state index contributed by atoms with van der Waals surface area (Å²) in [6.07, 6.45) is -0.231. The van der Waals surface area contributed by atoms with Crippen LogP contribution in [-0.4, -0.2) is 54.5 Å². The van der Waals surface area contributed by atoms with Gasteiger partial charge in [0.2, 0.25) is 5.91 Å². The Hall–Kier alpha value is -1.53. The number of amides is 1. The Morgan fingerprint density at radius 2 is 1.81 bits per heavy atom. The fraction of sp³-hybridized carbons (Fsp3) is 0.533. The van der Waals surface area contributed by atoms with Gasteiger partial charge in [-0.2, -0.15) is 0 Å². The molecule has 1 aromatic carbocycles. The summed E-state index contributed by atoms with van der Waals surface area (Å²) >= 11 is 0. The van der Waals surface area contributed by atoms with E-state index in [1.54, 1.807) is 4.90 Å². The first-order valence-electron chi connectivity index (χ1n) is 7.17. The fourth-order valence-corrected chi connectivity index (χ4v) is 2.53. The van der Waals surface area contributed by atoms with Crippen LogP contribution in [0.3, 0.4) is 0 Å². The van der Waals surface area contributed by atoms with Gasteiger partial charge in [0.1, 0.15) is 11.6 Å². The van der Waals surface area contributed by atoms with E-state index in [0.29, 0.717) is 19.6 Å². The van der Waals surface area contributed by atoms with Gasteiger partial charge in [-0.3, -0.25) is 9.69 Å². The van der Waals surface area contributed by atoms with Crippen LogP contribution < -0.4 is 5.73 Å². The summed E-state index contributed by atoms with van der Waals surface area (Å²) in [5.41, 5.74) is 5.47. The molecule has 21 heavy (non-hydrogen) atoms. The first-order valence-corrected chi connectivity index (χ1v) is 7.17. The van der Waals surface area contributed by atoms with Gasteiger partial charge in [0.25, 0.3) is 0 Å². The van der Waals surface area contributed by atoms with Crippen molar-refractivity contribution in [2.24, 2.45) is 5.73 Å². The predicted molar refractivity (Wildman–Crippen MR) is 76.7 cm³/mol. The largest absolute Gasteiger partial charge is 0.340 e. The van der Waals surface area contributed by atoms with Crippen LogP contribution >= 0.6 is 0 Å². The molecule has 0 spiro atoms. The van der Waals surface area contributed by atoms with Crippen LogP contribution in [0.4, 0.5) is 8.78 Å². The number of piperazine rings is 1. The number of hydrogen-bond acceptors (Lipinski definition) is 3. The molecule has 2 N–H and O–H groups in total. The molecule has 1 fully saturated rings. The van der Waals surface area contributed by atoms with Crippen molar-refractivity contribution in [3.05, 3.63) is 35.4 Å². The van der Waals surface area contributed by atoms with Crippen molar-refractivity contribution in [1.82, 2.24) is 9.80 Å². The van der Waals surface area contributed by atoms with Gasteiger partial charge in [-0.15, -0.1) is 0 Å². The molecule has 1 atom stereocenters. The Kier molecular flexibility index (Phi) is 5.25.